The standard InChI is InChI=1S/C21H27N5O9S2/c1-15(2)14-20(23(3)36(31,32)18-10-6-16(7-11-18)25(27)28)21(35-5)22-24(4)37(33,34)19-12-8-17(9-13-19)26(29)30/h6-13,15,20H,14H2,1-5H3/b22-21-/t20-/m0/s1. The first-order valence-corrected chi connectivity index (χ1v) is 13.6. The summed E-state index contributed by atoms with van der Waals surface area (Å²) in [5.74, 6) is -0.300. The van der Waals surface area contributed by atoms with E-state index in [4.69, 9.17) is 4.74 Å². The summed E-state index contributed by atoms with van der Waals surface area (Å²) in [5.41, 5.74) is -0.574. The van der Waals surface area contributed by atoms with Crippen LogP contribution in [0, 0.1) is 26.1 Å². The summed E-state index contributed by atoms with van der Waals surface area (Å²) in [4.78, 5) is 20.0. The Morgan fingerprint density at radius 3 is 1.62 bits per heavy atom. The molecule has 0 bridgehead atoms. The molecule has 37 heavy (non-hydrogen) atoms. The summed E-state index contributed by atoms with van der Waals surface area (Å²) in [6.45, 7) is 3.65. The SMILES string of the molecule is CO/C(=N\N(C)S(=O)(=O)c1ccc([N+](=O)[O-])cc1)[C@H](CC(C)C)N(C)S(=O)(=O)c1ccc([N+](=O)[O-])cc1. The Bertz CT molecular complexity index is 1370. The minimum Gasteiger partial charge on any atom is -0.482 e. The van der Waals surface area contributed by atoms with E-state index < -0.39 is 35.9 Å². The van der Waals surface area contributed by atoms with Gasteiger partial charge in [0.05, 0.1) is 26.7 Å². The smallest absolute Gasteiger partial charge is 0.278 e. The largest absolute Gasteiger partial charge is 0.482 e. The van der Waals surface area contributed by atoms with Crippen LogP contribution in [0.2, 0.25) is 0 Å². The van der Waals surface area contributed by atoms with Crippen LogP contribution >= 0.6 is 0 Å². The first kappa shape index (κ1) is 29.6. The van der Waals surface area contributed by atoms with Crippen molar-refractivity contribution in [2.45, 2.75) is 36.1 Å². The molecular weight excluding hydrogens is 530 g/mol. The van der Waals surface area contributed by atoms with Crippen molar-refractivity contribution in [2.75, 3.05) is 21.2 Å². The number of likely N-dealkylation sites (N-methyl/N-ethyl adjacent to an activating group) is 1. The van der Waals surface area contributed by atoms with Gasteiger partial charge in [-0.05, 0) is 36.6 Å². The molecule has 0 saturated carbocycles. The maximum atomic E-state index is 13.3. The van der Waals surface area contributed by atoms with E-state index in [1.165, 1.54) is 14.2 Å². The quantitative estimate of drug-likeness (QED) is 0.173. The Hall–Kier alpha value is -3.63. The number of hydrogen-bond acceptors (Lipinski definition) is 10. The van der Waals surface area contributed by atoms with E-state index in [2.05, 4.69) is 5.10 Å². The Morgan fingerprint density at radius 1 is 0.865 bits per heavy atom. The molecule has 0 spiro atoms. The van der Waals surface area contributed by atoms with Crippen molar-refractivity contribution in [1.29, 1.82) is 0 Å². The van der Waals surface area contributed by atoms with Crippen molar-refractivity contribution in [1.82, 2.24) is 8.72 Å². The van der Waals surface area contributed by atoms with Crippen molar-refractivity contribution in [3.05, 3.63) is 68.8 Å². The minimum atomic E-state index is -4.26. The second-order valence-electron chi connectivity index (χ2n) is 8.25. The van der Waals surface area contributed by atoms with Gasteiger partial charge in [0, 0.05) is 38.4 Å². The minimum absolute atomic E-state index is 0.0727. The molecule has 0 N–H and O–H groups in total. The average Bonchev–Trinajstić information content (AvgIpc) is 2.85. The van der Waals surface area contributed by atoms with Crippen LogP contribution in [-0.4, -0.2) is 68.5 Å². The van der Waals surface area contributed by atoms with E-state index in [-0.39, 0.29) is 39.4 Å². The Morgan fingerprint density at radius 2 is 1.27 bits per heavy atom. The second-order valence-corrected chi connectivity index (χ2v) is 12.2. The number of nitro groups is 2. The lowest BCUT2D eigenvalue weighted by Crippen LogP contribution is -2.44. The molecule has 0 aliphatic carbocycles. The molecular formula is C21H27N5O9S2. The van der Waals surface area contributed by atoms with Crippen molar-refractivity contribution in [2.24, 2.45) is 11.0 Å². The highest BCUT2D eigenvalue weighted by molar-refractivity contribution is 7.89. The Labute approximate surface area is 214 Å². The predicted octanol–water partition coefficient (Wildman–Crippen LogP) is 2.82. The molecule has 1 atom stereocenters. The third-order valence-corrected chi connectivity index (χ3v) is 8.81. The highest BCUT2D eigenvalue weighted by Crippen LogP contribution is 2.25. The van der Waals surface area contributed by atoms with Gasteiger partial charge in [-0.15, -0.1) is 5.10 Å². The molecule has 14 nitrogen and oxygen atoms in total. The van der Waals surface area contributed by atoms with Gasteiger partial charge in [-0.1, -0.05) is 13.8 Å². The van der Waals surface area contributed by atoms with Gasteiger partial charge >= 0.3 is 0 Å². The topological polar surface area (TPSA) is 183 Å². The first-order chi connectivity index (χ1) is 17.1. The van der Waals surface area contributed by atoms with Crippen LogP contribution in [0.3, 0.4) is 0 Å². The van der Waals surface area contributed by atoms with Gasteiger partial charge < -0.3 is 4.74 Å². The molecule has 0 fully saturated rings. The maximum absolute atomic E-state index is 13.3. The van der Waals surface area contributed by atoms with Crippen molar-refractivity contribution < 1.29 is 31.4 Å². The summed E-state index contributed by atoms with van der Waals surface area (Å²) < 4.78 is 59.5. The molecule has 0 amide bonds. The van der Waals surface area contributed by atoms with E-state index in [1.54, 1.807) is 0 Å². The summed E-state index contributed by atoms with van der Waals surface area (Å²) in [6.07, 6.45) is 0.195. The van der Waals surface area contributed by atoms with Crippen molar-refractivity contribution in [3.63, 3.8) is 0 Å². The second kappa shape index (κ2) is 11.6. The van der Waals surface area contributed by atoms with Gasteiger partial charge in [0.2, 0.25) is 15.9 Å². The molecule has 16 heteroatoms. The van der Waals surface area contributed by atoms with Crippen LogP contribution in [0.1, 0.15) is 20.3 Å². The molecule has 2 aromatic rings. The molecule has 0 saturated heterocycles. The van der Waals surface area contributed by atoms with Gasteiger partial charge in [-0.25, -0.2) is 8.42 Å². The van der Waals surface area contributed by atoms with Crippen LogP contribution < -0.4 is 0 Å². The third kappa shape index (κ3) is 6.78. The van der Waals surface area contributed by atoms with E-state index in [0.717, 1.165) is 59.9 Å². The first-order valence-electron chi connectivity index (χ1n) is 10.7. The molecule has 0 aromatic heterocycles. The fraction of sp³-hybridized carbons (Fsp3) is 0.381. The number of nitrogens with zero attached hydrogens (tertiary/aromatic N) is 5. The number of sulfonamides is 2. The predicted molar refractivity (Wildman–Crippen MR) is 134 cm³/mol. The number of rotatable bonds is 11. The lowest BCUT2D eigenvalue weighted by atomic mass is 10.0. The molecule has 2 aromatic carbocycles. The van der Waals surface area contributed by atoms with Crippen LogP contribution in [-0.2, 0) is 24.8 Å². The average molecular weight is 558 g/mol. The summed E-state index contributed by atoms with van der Waals surface area (Å²) in [7, 11) is -4.86. The molecule has 0 aliphatic rings. The summed E-state index contributed by atoms with van der Waals surface area (Å²) in [5, 5.41) is 25.8. The number of ether oxygens (including phenoxy) is 1. The van der Waals surface area contributed by atoms with Crippen LogP contribution in [0.15, 0.2) is 63.4 Å². The zero-order valence-electron chi connectivity index (χ0n) is 20.7. The lowest BCUT2D eigenvalue weighted by molar-refractivity contribution is -0.385. The number of nitro benzene ring substituents is 2. The number of hydrazone groups is 1. The van der Waals surface area contributed by atoms with Gasteiger partial charge in [-0.2, -0.15) is 17.1 Å². The summed E-state index contributed by atoms with van der Waals surface area (Å²) >= 11 is 0. The zero-order valence-corrected chi connectivity index (χ0v) is 22.3. The van der Waals surface area contributed by atoms with Gasteiger partial charge in [0.25, 0.3) is 21.4 Å². The number of hydrogen-bond donors (Lipinski definition) is 0. The van der Waals surface area contributed by atoms with Crippen molar-refractivity contribution in [3.8, 4) is 0 Å². The Kier molecular flexibility index (Phi) is 9.29. The molecule has 202 valence electrons. The van der Waals surface area contributed by atoms with Gasteiger partial charge in [0.15, 0.2) is 0 Å². The van der Waals surface area contributed by atoms with Crippen LogP contribution in [0.4, 0.5) is 11.4 Å². The van der Waals surface area contributed by atoms with E-state index in [9.17, 15) is 37.1 Å². The van der Waals surface area contributed by atoms with E-state index in [1.807, 2.05) is 13.8 Å². The normalized spacial score (nSPS) is 13.4. The molecule has 2 rings (SSSR count). The maximum Gasteiger partial charge on any atom is 0.278 e. The van der Waals surface area contributed by atoms with Gasteiger partial charge in [-0.3, -0.25) is 20.2 Å². The van der Waals surface area contributed by atoms with Crippen LogP contribution in [0.5, 0.6) is 0 Å². The van der Waals surface area contributed by atoms with E-state index >= 15 is 0 Å². The number of non-ortho nitro benzene ring substituents is 2. The fourth-order valence-electron chi connectivity index (χ4n) is 3.25. The highest BCUT2D eigenvalue weighted by Gasteiger charge is 2.34. The molecule has 0 heterocycles. The highest BCUT2D eigenvalue weighted by atomic mass is 32.2. The summed E-state index contributed by atoms with van der Waals surface area (Å²) in [6, 6.07) is 7.48. The zero-order chi connectivity index (χ0) is 28.1. The Balaban J connectivity index is 2.48. The van der Waals surface area contributed by atoms with E-state index in [0.29, 0.717) is 4.41 Å². The van der Waals surface area contributed by atoms with Crippen molar-refractivity contribution >= 4 is 37.3 Å². The monoisotopic (exact) mass is 557 g/mol. The number of benzene rings is 2. The van der Waals surface area contributed by atoms with Crippen LogP contribution in [0.25, 0.3) is 0 Å². The fourth-order valence-corrected chi connectivity index (χ4v) is 5.55. The molecule has 0 aliphatic heterocycles. The lowest BCUT2D eigenvalue weighted by Gasteiger charge is -2.29. The molecule has 0 unspecified atom stereocenters. The third-order valence-electron chi connectivity index (χ3n) is 5.28. The number of methoxy groups -OCH3 is 1. The molecule has 0 radical (unpaired) electrons. The van der Waals surface area contributed by atoms with Gasteiger partial charge in [0.1, 0.15) is 6.04 Å².